The molecule has 0 aromatic heterocycles. The number of nitrogens with one attached hydrogen (secondary N) is 1. The van der Waals surface area contributed by atoms with Crippen LogP contribution in [-0.4, -0.2) is 12.1 Å². The highest BCUT2D eigenvalue weighted by Crippen LogP contribution is 2.53. The molecule has 4 unspecified atom stereocenters. The fourth-order valence-electron chi connectivity index (χ4n) is 4.05. The fraction of sp³-hybridized carbons (Fsp3) is 1.00. The number of hydrogen-bond donors (Lipinski definition) is 1. The second-order valence-electron chi connectivity index (χ2n) is 6.33. The molecule has 2 rings (SSSR count). The molecule has 4 atom stereocenters. The average molecular weight is 223 g/mol. The van der Waals surface area contributed by atoms with E-state index < -0.39 is 0 Å². The summed E-state index contributed by atoms with van der Waals surface area (Å²) in [7, 11) is 0. The van der Waals surface area contributed by atoms with E-state index in [-0.39, 0.29) is 0 Å². The Morgan fingerprint density at radius 3 is 2.25 bits per heavy atom. The summed E-state index contributed by atoms with van der Waals surface area (Å²) in [6, 6.07) is 0. The summed E-state index contributed by atoms with van der Waals surface area (Å²) in [5.74, 6) is 3.86. The van der Waals surface area contributed by atoms with Gasteiger partial charge in [-0.25, -0.2) is 0 Å². The second kappa shape index (κ2) is 4.68. The Morgan fingerprint density at radius 2 is 1.94 bits per heavy atom. The molecule has 1 heteroatoms. The number of rotatable bonds is 6. The average Bonchev–Trinajstić information content (AvgIpc) is 2.80. The standard InChI is InChI=1S/C15H29N/c1-5-14(13-10-11(13)3)15(4,16-6-2)12-8-7-9-12/h11-14,16H,5-10H2,1-4H3. The van der Waals surface area contributed by atoms with E-state index >= 15 is 0 Å². The van der Waals surface area contributed by atoms with E-state index in [0.29, 0.717) is 5.54 Å². The first-order valence-electron chi connectivity index (χ1n) is 7.38. The molecule has 0 saturated heterocycles. The lowest BCUT2D eigenvalue weighted by molar-refractivity contribution is 0.0671. The third-order valence-corrected chi connectivity index (χ3v) is 5.41. The van der Waals surface area contributed by atoms with Gasteiger partial charge in [-0.1, -0.05) is 33.6 Å². The lowest BCUT2D eigenvalue weighted by atomic mass is 9.63. The summed E-state index contributed by atoms with van der Waals surface area (Å²) in [6.45, 7) is 10.7. The predicted molar refractivity (Wildman–Crippen MR) is 70.5 cm³/mol. The smallest absolute Gasteiger partial charge is 0.0212 e. The van der Waals surface area contributed by atoms with Gasteiger partial charge in [0.2, 0.25) is 0 Å². The molecular weight excluding hydrogens is 194 g/mol. The Hall–Kier alpha value is -0.0400. The Morgan fingerprint density at radius 1 is 1.31 bits per heavy atom. The van der Waals surface area contributed by atoms with Gasteiger partial charge in [0.25, 0.3) is 0 Å². The van der Waals surface area contributed by atoms with Crippen molar-refractivity contribution in [2.45, 2.75) is 65.3 Å². The Balaban J connectivity index is 2.08. The van der Waals surface area contributed by atoms with Crippen LogP contribution in [0, 0.1) is 23.7 Å². The minimum Gasteiger partial charge on any atom is -0.311 e. The second-order valence-corrected chi connectivity index (χ2v) is 6.33. The zero-order valence-corrected chi connectivity index (χ0v) is 11.6. The van der Waals surface area contributed by atoms with Crippen molar-refractivity contribution in [3.8, 4) is 0 Å². The molecule has 2 aliphatic rings. The summed E-state index contributed by atoms with van der Waals surface area (Å²) < 4.78 is 0. The van der Waals surface area contributed by atoms with Crippen molar-refractivity contribution in [1.29, 1.82) is 0 Å². The summed E-state index contributed by atoms with van der Waals surface area (Å²) in [5, 5.41) is 3.85. The van der Waals surface area contributed by atoms with Gasteiger partial charge in [0.05, 0.1) is 0 Å². The molecule has 0 aliphatic heterocycles. The van der Waals surface area contributed by atoms with Gasteiger partial charge in [0.15, 0.2) is 0 Å². The quantitative estimate of drug-likeness (QED) is 0.721. The molecule has 0 heterocycles. The van der Waals surface area contributed by atoms with E-state index in [2.05, 4.69) is 33.0 Å². The summed E-state index contributed by atoms with van der Waals surface area (Å²) in [6.07, 6.45) is 7.21. The third kappa shape index (κ3) is 2.03. The van der Waals surface area contributed by atoms with Crippen LogP contribution in [0.4, 0.5) is 0 Å². The van der Waals surface area contributed by atoms with Crippen LogP contribution >= 0.6 is 0 Å². The molecule has 0 aromatic rings. The van der Waals surface area contributed by atoms with Crippen LogP contribution in [0.15, 0.2) is 0 Å². The monoisotopic (exact) mass is 223 g/mol. The molecule has 2 fully saturated rings. The van der Waals surface area contributed by atoms with Crippen molar-refractivity contribution in [2.75, 3.05) is 6.54 Å². The van der Waals surface area contributed by atoms with Gasteiger partial charge in [-0.3, -0.25) is 0 Å². The minimum atomic E-state index is 0.428. The van der Waals surface area contributed by atoms with Gasteiger partial charge >= 0.3 is 0 Å². The molecule has 1 nitrogen and oxygen atoms in total. The van der Waals surface area contributed by atoms with E-state index in [1.807, 2.05) is 0 Å². The van der Waals surface area contributed by atoms with Gasteiger partial charge in [-0.15, -0.1) is 0 Å². The van der Waals surface area contributed by atoms with Gasteiger partial charge in [0, 0.05) is 5.54 Å². The minimum absolute atomic E-state index is 0.428. The molecule has 94 valence electrons. The van der Waals surface area contributed by atoms with Crippen molar-refractivity contribution in [2.24, 2.45) is 23.7 Å². The highest BCUT2D eigenvalue weighted by Gasteiger charge is 2.50. The molecular formula is C15H29N. The molecule has 0 spiro atoms. The highest BCUT2D eigenvalue weighted by atomic mass is 15.0. The van der Waals surface area contributed by atoms with Crippen molar-refractivity contribution >= 4 is 0 Å². The first-order chi connectivity index (χ1) is 7.63. The van der Waals surface area contributed by atoms with Gasteiger partial charge in [-0.2, -0.15) is 0 Å². The maximum atomic E-state index is 3.85. The zero-order chi connectivity index (χ0) is 11.8. The predicted octanol–water partition coefficient (Wildman–Crippen LogP) is 3.84. The Bertz CT molecular complexity index is 234. The first kappa shape index (κ1) is 12.4. The maximum absolute atomic E-state index is 3.85. The summed E-state index contributed by atoms with van der Waals surface area (Å²) in [5.41, 5.74) is 0.428. The summed E-state index contributed by atoms with van der Waals surface area (Å²) >= 11 is 0. The van der Waals surface area contributed by atoms with Crippen molar-refractivity contribution in [3.05, 3.63) is 0 Å². The van der Waals surface area contributed by atoms with Crippen molar-refractivity contribution < 1.29 is 0 Å². The largest absolute Gasteiger partial charge is 0.311 e. The van der Waals surface area contributed by atoms with E-state index in [9.17, 15) is 0 Å². The molecule has 16 heavy (non-hydrogen) atoms. The highest BCUT2D eigenvalue weighted by molar-refractivity contribution is 5.05. The van der Waals surface area contributed by atoms with Gasteiger partial charge < -0.3 is 5.32 Å². The lowest BCUT2D eigenvalue weighted by Gasteiger charge is -2.49. The maximum Gasteiger partial charge on any atom is 0.0212 e. The SMILES string of the molecule is CCNC(C)(C1CCC1)C(CC)C1CC1C. The van der Waals surface area contributed by atoms with E-state index in [4.69, 9.17) is 0 Å². The van der Waals surface area contributed by atoms with Crippen LogP contribution in [0.1, 0.15) is 59.8 Å². The number of hydrogen-bond acceptors (Lipinski definition) is 1. The molecule has 0 amide bonds. The van der Waals surface area contributed by atoms with Crippen molar-refractivity contribution in [3.63, 3.8) is 0 Å². The topological polar surface area (TPSA) is 12.0 Å². The van der Waals surface area contributed by atoms with E-state index in [1.54, 1.807) is 0 Å². The molecule has 2 aliphatic carbocycles. The van der Waals surface area contributed by atoms with Crippen LogP contribution in [-0.2, 0) is 0 Å². The molecule has 0 aromatic carbocycles. The van der Waals surface area contributed by atoms with Gasteiger partial charge in [0.1, 0.15) is 0 Å². The zero-order valence-electron chi connectivity index (χ0n) is 11.6. The van der Waals surface area contributed by atoms with E-state index in [0.717, 1.165) is 30.2 Å². The van der Waals surface area contributed by atoms with Crippen LogP contribution in [0.3, 0.4) is 0 Å². The molecule has 0 radical (unpaired) electrons. The van der Waals surface area contributed by atoms with E-state index in [1.165, 1.54) is 32.1 Å². The molecule has 0 bridgehead atoms. The summed E-state index contributed by atoms with van der Waals surface area (Å²) in [4.78, 5) is 0. The van der Waals surface area contributed by atoms with Gasteiger partial charge in [-0.05, 0) is 56.4 Å². The normalized spacial score (nSPS) is 35.2. The van der Waals surface area contributed by atoms with Crippen LogP contribution < -0.4 is 5.32 Å². The Labute approximate surface area is 101 Å². The first-order valence-corrected chi connectivity index (χ1v) is 7.38. The molecule has 2 saturated carbocycles. The Kier molecular flexibility index (Phi) is 3.63. The molecule has 1 N–H and O–H groups in total. The lowest BCUT2D eigenvalue weighted by Crippen LogP contribution is -2.57. The van der Waals surface area contributed by atoms with Crippen LogP contribution in [0.2, 0.25) is 0 Å². The fourth-order valence-corrected chi connectivity index (χ4v) is 4.05. The third-order valence-electron chi connectivity index (χ3n) is 5.41. The van der Waals surface area contributed by atoms with Crippen LogP contribution in [0.5, 0.6) is 0 Å². The van der Waals surface area contributed by atoms with Crippen LogP contribution in [0.25, 0.3) is 0 Å². The van der Waals surface area contributed by atoms with Crippen molar-refractivity contribution in [1.82, 2.24) is 5.32 Å².